The highest BCUT2D eigenvalue weighted by atomic mass is 32.1. The first kappa shape index (κ1) is 57.6. The molecular formula is C53H55N13O8S6. The number of hydrogen-bond donors (Lipinski definition) is 7. The lowest BCUT2D eigenvalue weighted by Crippen LogP contribution is -2.40. The molecule has 6 amide bonds. The molecule has 0 fully saturated rings. The minimum absolute atomic E-state index is 0.00811. The molecule has 0 radical (unpaired) electrons. The highest BCUT2D eigenvalue weighted by Gasteiger charge is 2.33. The summed E-state index contributed by atoms with van der Waals surface area (Å²) in [5.74, 6) is -2.77. The topological polar surface area (TPSA) is 294 Å². The number of hydrogen-bond acceptors (Lipinski definition) is 21. The van der Waals surface area contributed by atoms with Crippen LogP contribution >= 0.6 is 68.0 Å². The lowest BCUT2D eigenvalue weighted by atomic mass is 10.0. The van der Waals surface area contributed by atoms with Crippen molar-refractivity contribution in [2.24, 2.45) is 5.92 Å². The van der Waals surface area contributed by atoms with E-state index >= 15 is 0 Å². The van der Waals surface area contributed by atoms with Gasteiger partial charge in [0.25, 0.3) is 17.7 Å². The zero-order valence-corrected chi connectivity index (χ0v) is 49.0. The molecule has 10 bridgehead atoms. The van der Waals surface area contributed by atoms with Crippen molar-refractivity contribution in [1.29, 1.82) is 0 Å². The minimum atomic E-state index is -1.26. The second-order valence-electron chi connectivity index (χ2n) is 18.7. The molecule has 1 aromatic carbocycles. The third kappa shape index (κ3) is 13.4. The third-order valence-corrected chi connectivity index (χ3v) is 18.3. The fourth-order valence-electron chi connectivity index (χ4n) is 8.38. The highest BCUT2D eigenvalue weighted by molar-refractivity contribution is 7.15. The predicted octanol–water partition coefficient (Wildman–Crippen LogP) is 8.83. The number of aliphatic hydroxyl groups excluding tert-OH is 1. The number of fused-ring (bicyclic) bond motifs is 14. The molecule has 0 aliphatic carbocycles. The number of nitrogens with one attached hydrogen (secondary N) is 6. The first-order chi connectivity index (χ1) is 38.6. The van der Waals surface area contributed by atoms with Gasteiger partial charge in [-0.25, -0.2) is 34.9 Å². The van der Waals surface area contributed by atoms with Crippen molar-refractivity contribution in [3.8, 4) is 43.4 Å². The van der Waals surface area contributed by atoms with Crippen LogP contribution in [0.4, 0.5) is 5.82 Å². The quantitative estimate of drug-likeness (QED) is 0.0531. The van der Waals surface area contributed by atoms with Gasteiger partial charge in [-0.1, -0.05) is 63.9 Å². The van der Waals surface area contributed by atoms with E-state index in [1.54, 1.807) is 53.4 Å². The number of benzene rings is 1. The second-order valence-corrected chi connectivity index (χ2v) is 24.5. The van der Waals surface area contributed by atoms with Gasteiger partial charge in [-0.15, -0.1) is 68.0 Å². The van der Waals surface area contributed by atoms with Crippen LogP contribution in [-0.4, -0.2) is 96.1 Å². The SMILES string of the molecule is CCCCCC(=O)Nc1csc(-c2ccc3c(n2)-c2csc(n2)-c2csc(n2)[C@H]([C@@H](O)c2ccccc2)NC(=O)CNC(=O)c2nc(sc2COC)[C@H](C(C)C)NC(=O)c2nc(sc2C)[C@H](CC(=O)NC)NC(=O)c2csc-3n2)n1. The van der Waals surface area contributed by atoms with Crippen molar-refractivity contribution in [3.05, 3.63) is 111 Å². The number of carbonyl (C=O) groups is 6. The number of rotatable bonds is 13. The Balaban J connectivity index is 1.12. The fourth-order valence-corrected chi connectivity index (χ4v) is 13.9. The van der Waals surface area contributed by atoms with Crippen LogP contribution in [-0.2, 0) is 25.7 Å². The first-order valence-electron chi connectivity index (χ1n) is 25.3. The normalized spacial score (nSPS) is 16.5. The molecule has 416 valence electrons. The zero-order chi connectivity index (χ0) is 56.6. The molecule has 0 saturated carbocycles. The number of methoxy groups -OCH3 is 1. The molecule has 1 aliphatic rings. The summed E-state index contributed by atoms with van der Waals surface area (Å²) < 4.78 is 5.45. The van der Waals surface area contributed by atoms with Gasteiger partial charge in [0.05, 0.1) is 42.2 Å². The van der Waals surface area contributed by atoms with Gasteiger partial charge in [0.1, 0.15) is 82.2 Å². The molecule has 80 heavy (non-hydrogen) atoms. The standard InChI is InChI=1S/C53H55N13O8S6/c1-7-8-10-15-36(67)61-35-24-78-49(62-35)29-17-16-28-41(56-29)31-21-76-50(58-31)33-23-77-52(60-33)43(44(70)27-13-11-9-12-14-27)63-38(69)19-55-46(72)42-34(20-74-6)80-53(66-42)39(25(2)3)64-47(73)40-26(4)79-51(65-40)30(18-37(68)54-5)57-45(71)32-22-75-48(28)59-32/h9,11-14,16-17,21-25,30,39,43-44,70H,7-8,10,15,18-20H2,1-6H3,(H,54,68)(H,55,72)(H,57,71)(H,61,67)(H,63,69)(H,64,73)/t30-,39-,43-,44-/m0/s1. The van der Waals surface area contributed by atoms with E-state index in [9.17, 15) is 33.9 Å². The molecule has 21 nitrogen and oxygen atoms in total. The number of aromatic nitrogens is 7. The van der Waals surface area contributed by atoms with Crippen LogP contribution in [0.2, 0.25) is 0 Å². The fraction of sp³-hybridized carbons (Fsp3) is 0.340. The molecule has 7 N–H and O–H groups in total. The number of unbranched alkanes of at least 4 members (excludes halogenated alkanes) is 2. The number of anilines is 1. The van der Waals surface area contributed by atoms with E-state index in [0.29, 0.717) is 85.9 Å². The van der Waals surface area contributed by atoms with E-state index in [-0.39, 0.29) is 47.8 Å². The number of carbonyl (C=O) groups excluding carboxylic acids is 6. The molecule has 27 heteroatoms. The van der Waals surface area contributed by atoms with Gasteiger partial charge in [-0.3, -0.25) is 28.8 Å². The third-order valence-electron chi connectivity index (χ3n) is 12.5. The number of aryl methyl sites for hydroxylation is 1. The molecule has 8 heterocycles. The molecular weight excluding hydrogens is 1140 g/mol. The molecule has 1 aliphatic heterocycles. The van der Waals surface area contributed by atoms with Crippen molar-refractivity contribution in [3.63, 3.8) is 0 Å². The van der Waals surface area contributed by atoms with Crippen LogP contribution in [0.15, 0.2) is 64.0 Å². The van der Waals surface area contributed by atoms with Crippen LogP contribution in [0.5, 0.6) is 0 Å². The monoisotopic (exact) mass is 1190 g/mol. The summed E-state index contributed by atoms with van der Waals surface area (Å²) in [7, 11) is 2.96. The van der Waals surface area contributed by atoms with Crippen LogP contribution in [0.3, 0.4) is 0 Å². The number of aliphatic hydroxyl groups is 1. The van der Waals surface area contributed by atoms with Crippen LogP contribution in [0.1, 0.15) is 139 Å². The van der Waals surface area contributed by atoms with Crippen LogP contribution in [0, 0.1) is 12.8 Å². The maximum atomic E-state index is 14.3. The Bertz CT molecular complexity index is 3550. The largest absolute Gasteiger partial charge is 0.386 e. The van der Waals surface area contributed by atoms with Gasteiger partial charge < -0.3 is 41.7 Å². The molecule has 0 saturated heterocycles. The summed E-state index contributed by atoms with van der Waals surface area (Å²) in [6.45, 7) is 7.09. The van der Waals surface area contributed by atoms with Crippen molar-refractivity contribution >= 4 is 109 Å². The minimum Gasteiger partial charge on any atom is -0.386 e. The summed E-state index contributed by atoms with van der Waals surface area (Å²) >= 11 is 7.34. The summed E-state index contributed by atoms with van der Waals surface area (Å²) in [5.41, 5.74) is 2.97. The van der Waals surface area contributed by atoms with Crippen molar-refractivity contribution in [2.45, 2.75) is 90.6 Å². The van der Waals surface area contributed by atoms with Gasteiger partial charge in [-0.05, 0) is 37.0 Å². The predicted molar refractivity (Wildman–Crippen MR) is 310 cm³/mol. The first-order valence-corrected chi connectivity index (χ1v) is 30.5. The van der Waals surface area contributed by atoms with Gasteiger partial charge in [0.2, 0.25) is 17.7 Å². The van der Waals surface area contributed by atoms with E-state index in [1.807, 2.05) is 31.4 Å². The lowest BCUT2D eigenvalue weighted by molar-refractivity contribution is -0.122. The molecule has 8 aromatic rings. The molecule has 0 spiro atoms. The van der Waals surface area contributed by atoms with Crippen molar-refractivity contribution in [2.75, 3.05) is 26.0 Å². The second kappa shape index (κ2) is 26.0. The van der Waals surface area contributed by atoms with E-state index in [1.165, 1.54) is 70.8 Å². The average Bonchev–Trinajstić information content (AvgIpc) is 4.34. The Kier molecular flexibility index (Phi) is 18.7. The van der Waals surface area contributed by atoms with E-state index in [2.05, 4.69) is 38.8 Å². The number of ether oxygens (including phenoxy) is 1. The Morgan fingerprint density at radius 2 is 1.43 bits per heavy atom. The number of nitrogens with zero attached hydrogens (tertiary/aromatic N) is 7. The summed E-state index contributed by atoms with van der Waals surface area (Å²) in [6.07, 6.45) is 1.62. The summed E-state index contributed by atoms with van der Waals surface area (Å²) in [5, 5.41) is 38.4. The van der Waals surface area contributed by atoms with Gasteiger partial charge in [-0.2, -0.15) is 0 Å². The Morgan fingerprint density at radius 3 is 2.19 bits per heavy atom. The van der Waals surface area contributed by atoms with Crippen LogP contribution < -0.4 is 31.9 Å². The smallest absolute Gasteiger partial charge is 0.271 e. The van der Waals surface area contributed by atoms with E-state index in [0.717, 1.165) is 30.6 Å². The van der Waals surface area contributed by atoms with Crippen molar-refractivity contribution in [1.82, 2.24) is 61.5 Å². The molecule has 4 atom stereocenters. The van der Waals surface area contributed by atoms with Gasteiger partial charge in [0.15, 0.2) is 0 Å². The highest BCUT2D eigenvalue weighted by Crippen LogP contribution is 2.40. The number of pyridine rings is 1. The maximum Gasteiger partial charge on any atom is 0.271 e. The Labute approximate surface area is 483 Å². The van der Waals surface area contributed by atoms with E-state index in [4.69, 9.17) is 39.6 Å². The Hall–Kier alpha value is -7.11. The summed E-state index contributed by atoms with van der Waals surface area (Å²) in [6, 6.07) is 9.68. The maximum absolute atomic E-state index is 14.3. The number of thiazole rings is 6. The molecule has 0 unspecified atom stereocenters. The zero-order valence-electron chi connectivity index (χ0n) is 44.1. The number of amides is 6. The average molecular weight is 1190 g/mol. The molecule has 7 aromatic heterocycles. The van der Waals surface area contributed by atoms with Crippen LogP contribution in [0.25, 0.3) is 43.4 Å². The molecule has 9 rings (SSSR count). The van der Waals surface area contributed by atoms with E-state index < -0.39 is 54.4 Å². The lowest BCUT2D eigenvalue weighted by Gasteiger charge is -2.23. The van der Waals surface area contributed by atoms with Gasteiger partial charge >= 0.3 is 0 Å². The Morgan fingerprint density at radius 1 is 0.700 bits per heavy atom. The summed E-state index contributed by atoms with van der Waals surface area (Å²) in [4.78, 5) is 117. The van der Waals surface area contributed by atoms with Gasteiger partial charge in [0, 0.05) is 52.5 Å². The van der Waals surface area contributed by atoms with Crippen molar-refractivity contribution < 1.29 is 38.6 Å².